The van der Waals surface area contributed by atoms with Gasteiger partial charge in [-0.2, -0.15) is 0 Å². The zero-order valence-electron chi connectivity index (χ0n) is 7.01. The third-order valence-corrected chi connectivity index (χ3v) is 3.43. The van der Waals surface area contributed by atoms with Crippen LogP contribution in [-0.4, -0.2) is 48.8 Å². The van der Waals surface area contributed by atoms with Crippen molar-refractivity contribution in [1.82, 2.24) is 10.2 Å². The number of aliphatic hydroxyl groups is 1. The molecule has 0 aromatic carbocycles. The van der Waals surface area contributed by atoms with Crippen LogP contribution in [0.2, 0.25) is 0 Å². The van der Waals surface area contributed by atoms with E-state index in [0.29, 0.717) is 12.5 Å². The van der Waals surface area contributed by atoms with E-state index in [-0.39, 0.29) is 5.54 Å². The molecule has 11 heavy (non-hydrogen) atoms. The average molecular weight is 156 g/mol. The van der Waals surface area contributed by atoms with E-state index in [4.69, 9.17) is 0 Å². The molecule has 2 N–H and O–H groups in total. The van der Waals surface area contributed by atoms with Crippen LogP contribution in [0.25, 0.3) is 0 Å². The van der Waals surface area contributed by atoms with Gasteiger partial charge in [0.25, 0.3) is 0 Å². The third kappa shape index (κ3) is 0.849. The zero-order valence-corrected chi connectivity index (χ0v) is 7.01. The Bertz CT molecular complexity index is 162. The van der Waals surface area contributed by atoms with Crippen LogP contribution in [0.3, 0.4) is 0 Å². The summed E-state index contributed by atoms with van der Waals surface area (Å²) in [5.74, 6) is 0.678. The summed E-state index contributed by atoms with van der Waals surface area (Å²) in [7, 11) is 2.11. The van der Waals surface area contributed by atoms with Crippen molar-refractivity contribution in [3.05, 3.63) is 0 Å². The molecule has 0 spiro atoms. The summed E-state index contributed by atoms with van der Waals surface area (Å²) >= 11 is 0. The lowest BCUT2D eigenvalue weighted by atomic mass is 9.89. The Labute approximate surface area is 67.4 Å². The van der Waals surface area contributed by atoms with Gasteiger partial charge in [-0.1, -0.05) is 0 Å². The van der Waals surface area contributed by atoms with E-state index in [9.17, 15) is 5.11 Å². The van der Waals surface area contributed by atoms with Crippen LogP contribution in [-0.2, 0) is 0 Å². The molecule has 2 fully saturated rings. The summed E-state index contributed by atoms with van der Waals surface area (Å²) in [6.45, 7) is 3.50. The molecule has 0 saturated carbocycles. The second-order valence-corrected chi connectivity index (χ2v) is 3.80. The van der Waals surface area contributed by atoms with Crippen molar-refractivity contribution in [2.75, 3.05) is 33.3 Å². The minimum absolute atomic E-state index is 0.0833. The molecule has 2 atom stereocenters. The van der Waals surface area contributed by atoms with Crippen LogP contribution >= 0.6 is 0 Å². The minimum atomic E-state index is 0.0833. The lowest BCUT2D eigenvalue weighted by Crippen LogP contribution is -2.50. The standard InChI is InChI=1S/C8H16N2O/c1-10-3-2-7-4-9-5-8(7,10)6-11/h7,9,11H,2-6H2,1H3/t7-,8-/m1/s1. The fourth-order valence-electron chi connectivity index (χ4n) is 2.49. The van der Waals surface area contributed by atoms with Crippen LogP contribution in [0.5, 0.6) is 0 Å². The Morgan fingerprint density at radius 2 is 2.55 bits per heavy atom. The lowest BCUT2D eigenvalue weighted by Gasteiger charge is -2.33. The SMILES string of the molecule is CN1CC[C@@H]2CNC[C@@]21CO. The summed E-state index contributed by atoms with van der Waals surface area (Å²) in [6, 6.07) is 0. The van der Waals surface area contributed by atoms with Crippen molar-refractivity contribution in [2.45, 2.75) is 12.0 Å². The van der Waals surface area contributed by atoms with Gasteiger partial charge in [0.1, 0.15) is 0 Å². The molecule has 0 bridgehead atoms. The molecule has 0 radical (unpaired) electrons. The number of nitrogens with zero attached hydrogens (tertiary/aromatic N) is 1. The molecule has 2 aliphatic heterocycles. The largest absolute Gasteiger partial charge is 0.394 e. The molecule has 0 aromatic heterocycles. The number of hydrogen-bond acceptors (Lipinski definition) is 3. The summed E-state index contributed by atoms with van der Waals surface area (Å²) in [4.78, 5) is 2.30. The Kier molecular flexibility index (Phi) is 1.67. The van der Waals surface area contributed by atoms with E-state index in [0.717, 1.165) is 19.6 Å². The molecule has 2 aliphatic rings. The first kappa shape index (κ1) is 7.53. The predicted molar refractivity (Wildman–Crippen MR) is 43.4 cm³/mol. The van der Waals surface area contributed by atoms with Gasteiger partial charge < -0.3 is 10.4 Å². The van der Waals surface area contributed by atoms with Crippen LogP contribution in [0.15, 0.2) is 0 Å². The third-order valence-electron chi connectivity index (χ3n) is 3.43. The van der Waals surface area contributed by atoms with Gasteiger partial charge >= 0.3 is 0 Å². The number of aliphatic hydroxyl groups excluding tert-OH is 1. The van der Waals surface area contributed by atoms with Crippen LogP contribution in [0.1, 0.15) is 6.42 Å². The maximum absolute atomic E-state index is 9.32. The maximum Gasteiger partial charge on any atom is 0.0631 e. The minimum Gasteiger partial charge on any atom is -0.394 e. The van der Waals surface area contributed by atoms with E-state index in [1.807, 2.05) is 0 Å². The molecule has 2 heterocycles. The van der Waals surface area contributed by atoms with E-state index in [2.05, 4.69) is 17.3 Å². The summed E-state index contributed by atoms with van der Waals surface area (Å²) in [5, 5.41) is 12.7. The highest BCUT2D eigenvalue weighted by atomic mass is 16.3. The van der Waals surface area contributed by atoms with Gasteiger partial charge in [-0.3, -0.25) is 4.90 Å². The first-order valence-electron chi connectivity index (χ1n) is 4.32. The van der Waals surface area contributed by atoms with Crippen molar-refractivity contribution in [3.8, 4) is 0 Å². The van der Waals surface area contributed by atoms with Gasteiger partial charge in [-0.25, -0.2) is 0 Å². The fraction of sp³-hybridized carbons (Fsp3) is 1.00. The van der Waals surface area contributed by atoms with E-state index >= 15 is 0 Å². The van der Waals surface area contributed by atoms with Crippen molar-refractivity contribution in [3.63, 3.8) is 0 Å². The number of rotatable bonds is 1. The Balaban J connectivity index is 2.22. The molecule has 0 aliphatic carbocycles. The normalized spacial score (nSPS) is 44.7. The summed E-state index contributed by atoms with van der Waals surface area (Å²) < 4.78 is 0. The van der Waals surface area contributed by atoms with Crippen LogP contribution in [0.4, 0.5) is 0 Å². The topological polar surface area (TPSA) is 35.5 Å². The zero-order chi connectivity index (χ0) is 7.90. The number of hydrogen-bond donors (Lipinski definition) is 2. The van der Waals surface area contributed by atoms with E-state index in [1.165, 1.54) is 6.42 Å². The van der Waals surface area contributed by atoms with Crippen molar-refractivity contribution < 1.29 is 5.11 Å². The van der Waals surface area contributed by atoms with Gasteiger partial charge in [0.2, 0.25) is 0 Å². The van der Waals surface area contributed by atoms with Gasteiger partial charge in [-0.15, -0.1) is 0 Å². The molecule has 3 nitrogen and oxygen atoms in total. The van der Waals surface area contributed by atoms with Crippen molar-refractivity contribution >= 4 is 0 Å². The second kappa shape index (κ2) is 2.44. The average Bonchev–Trinajstić information content (AvgIpc) is 2.53. The molecular weight excluding hydrogens is 140 g/mol. The lowest BCUT2D eigenvalue weighted by molar-refractivity contribution is 0.0797. The highest BCUT2D eigenvalue weighted by Gasteiger charge is 2.49. The molecule has 0 aromatic rings. The van der Waals surface area contributed by atoms with Gasteiger partial charge in [0, 0.05) is 6.54 Å². The number of likely N-dealkylation sites (N-methyl/N-ethyl adjacent to an activating group) is 1. The molecular formula is C8H16N2O. The molecule has 64 valence electrons. The summed E-state index contributed by atoms with van der Waals surface area (Å²) in [5.41, 5.74) is 0.0833. The summed E-state index contributed by atoms with van der Waals surface area (Å²) in [6.07, 6.45) is 1.24. The maximum atomic E-state index is 9.32. The van der Waals surface area contributed by atoms with Gasteiger partial charge in [-0.05, 0) is 32.5 Å². The number of fused-ring (bicyclic) bond motifs is 1. The second-order valence-electron chi connectivity index (χ2n) is 3.80. The number of nitrogens with one attached hydrogen (secondary N) is 1. The quantitative estimate of drug-likeness (QED) is 0.525. The van der Waals surface area contributed by atoms with Crippen LogP contribution in [0, 0.1) is 5.92 Å². The van der Waals surface area contributed by atoms with Crippen molar-refractivity contribution in [1.29, 1.82) is 0 Å². The smallest absolute Gasteiger partial charge is 0.0631 e. The first-order chi connectivity index (χ1) is 5.29. The monoisotopic (exact) mass is 156 g/mol. The van der Waals surface area contributed by atoms with Crippen LogP contribution < -0.4 is 5.32 Å². The molecule has 0 amide bonds. The molecule has 2 saturated heterocycles. The first-order valence-corrected chi connectivity index (χ1v) is 4.32. The van der Waals surface area contributed by atoms with Crippen molar-refractivity contribution in [2.24, 2.45) is 5.92 Å². The predicted octanol–water partition coefficient (Wildman–Crippen LogP) is -0.728. The Hall–Kier alpha value is -0.120. The van der Waals surface area contributed by atoms with E-state index < -0.39 is 0 Å². The Morgan fingerprint density at radius 3 is 3.18 bits per heavy atom. The molecule has 0 unspecified atom stereocenters. The molecule has 2 rings (SSSR count). The highest BCUT2D eigenvalue weighted by Crippen LogP contribution is 2.35. The number of likely N-dealkylation sites (tertiary alicyclic amines) is 1. The van der Waals surface area contributed by atoms with Gasteiger partial charge in [0.05, 0.1) is 12.1 Å². The van der Waals surface area contributed by atoms with Gasteiger partial charge in [0.15, 0.2) is 0 Å². The fourth-order valence-corrected chi connectivity index (χ4v) is 2.49. The molecule has 3 heteroatoms. The highest BCUT2D eigenvalue weighted by molar-refractivity contribution is 5.06. The Morgan fingerprint density at radius 1 is 1.73 bits per heavy atom. The van der Waals surface area contributed by atoms with E-state index in [1.54, 1.807) is 0 Å².